The molecule has 1 amide bonds. The molecule has 0 radical (unpaired) electrons. The number of amides is 1. The normalized spacial score (nSPS) is 11.1. The number of hydrogen-bond donors (Lipinski definition) is 1. The monoisotopic (exact) mass is 246 g/mol. The standard InChI is InChI=1S/C15H22N2O/c1-4-10-17(12(2)3)15(18)9-8-13-6-5-7-14(16)11-13/h5-9,11-12H,4,10,16H2,1-3H3/b9-8+. The molecule has 0 unspecified atom stereocenters. The second kappa shape index (κ2) is 6.84. The van der Waals surface area contributed by atoms with E-state index in [0.29, 0.717) is 5.69 Å². The summed E-state index contributed by atoms with van der Waals surface area (Å²) in [6.07, 6.45) is 4.39. The van der Waals surface area contributed by atoms with Crippen molar-refractivity contribution in [1.29, 1.82) is 0 Å². The van der Waals surface area contributed by atoms with Gasteiger partial charge in [-0.25, -0.2) is 0 Å². The molecule has 0 saturated heterocycles. The van der Waals surface area contributed by atoms with Gasteiger partial charge in [0.15, 0.2) is 0 Å². The molecule has 0 saturated carbocycles. The van der Waals surface area contributed by atoms with Crippen LogP contribution in [0.25, 0.3) is 6.08 Å². The number of carbonyl (C=O) groups excluding carboxylic acids is 1. The number of nitrogens with two attached hydrogens (primary N) is 1. The minimum absolute atomic E-state index is 0.0503. The Labute approximate surface area is 109 Å². The second-order valence-electron chi connectivity index (χ2n) is 4.63. The van der Waals surface area contributed by atoms with Crippen LogP contribution in [-0.4, -0.2) is 23.4 Å². The van der Waals surface area contributed by atoms with Crippen molar-refractivity contribution in [3.63, 3.8) is 0 Å². The molecule has 0 heterocycles. The third kappa shape index (κ3) is 4.24. The van der Waals surface area contributed by atoms with Gasteiger partial charge in [0.25, 0.3) is 0 Å². The van der Waals surface area contributed by atoms with Gasteiger partial charge in [-0.05, 0) is 44.0 Å². The zero-order valence-corrected chi connectivity index (χ0v) is 11.4. The first-order valence-electron chi connectivity index (χ1n) is 6.38. The molecule has 0 aliphatic heterocycles. The van der Waals surface area contributed by atoms with E-state index >= 15 is 0 Å². The van der Waals surface area contributed by atoms with Crippen molar-refractivity contribution >= 4 is 17.7 Å². The van der Waals surface area contributed by atoms with E-state index in [1.54, 1.807) is 6.08 Å². The van der Waals surface area contributed by atoms with Gasteiger partial charge in [-0.2, -0.15) is 0 Å². The Morgan fingerprint density at radius 3 is 2.72 bits per heavy atom. The maximum absolute atomic E-state index is 12.0. The summed E-state index contributed by atoms with van der Waals surface area (Å²) in [7, 11) is 0. The lowest BCUT2D eigenvalue weighted by atomic mass is 10.2. The molecule has 0 aliphatic rings. The smallest absolute Gasteiger partial charge is 0.246 e. The van der Waals surface area contributed by atoms with Crippen LogP contribution in [0.1, 0.15) is 32.8 Å². The molecule has 1 rings (SSSR count). The molecule has 3 heteroatoms. The van der Waals surface area contributed by atoms with E-state index in [0.717, 1.165) is 18.5 Å². The highest BCUT2D eigenvalue weighted by Gasteiger charge is 2.12. The van der Waals surface area contributed by atoms with Crippen LogP contribution in [0.3, 0.4) is 0 Å². The van der Waals surface area contributed by atoms with Crippen LogP contribution < -0.4 is 5.73 Å². The lowest BCUT2D eigenvalue weighted by Gasteiger charge is -2.24. The quantitative estimate of drug-likeness (QED) is 0.641. The highest BCUT2D eigenvalue weighted by Crippen LogP contribution is 2.09. The summed E-state index contributed by atoms with van der Waals surface area (Å²) in [6, 6.07) is 7.72. The fraction of sp³-hybridized carbons (Fsp3) is 0.400. The van der Waals surface area contributed by atoms with Crippen LogP contribution in [0.15, 0.2) is 30.3 Å². The summed E-state index contributed by atoms with van der Waals surface area (Å²) in [5, 5.41) is 0. The van der Waals surface area contributed by atoms with Crippen LogP contribution in [0, 0.1) is 0 Å². The van der Waals surface area contributed by atoms with Crippen LogP contribution in [-0.2, 0) is 4.79 Å². The van der Waals surface area contributed by atoms with Crippen LogP contribution in [0.4, 0.5) is 5.69 Å². The van der Waals surface area contributed by atoms with E-state index in [4.69, 9.17) is 5.73 Å². The maximum atomic E-state index is 12.0. The molecule has 1 aromatic carbocycles. The zero-order valence-electron chi connectivity index (χ0n) is 11.4. The first kappa shape index (κ1) is 14.3. The SMILES string of the molecule is CCCN(C(=O)/C=C/c1cccc(N)c1)C(C)C. The highest BCUT2D eigenvalue weighted by molar-refractivity contribution is 5.92. The van der Waals surface area contributed by atoms with E-state index in [9.17, 15) is 4.79 Å². The summed E-state index contributed by atoms with van der Waals surface area (Å²) >= 11 is 0. The molecule has 98 valence electrons. The Kier molecular flexibility index (Phi) is 5.43. The molecule has 2 N–H and O–H groups in total. The lowest BCUT2D eigenvalue weighted by molar-refractivity contribution is -0.127. The first-order valence-corrected chi connectivity index (χ1v) is 6.38. The molecule has 0 fully saturated rings. The van der Waals surface area contributed by atoms with E-state index in [1.165, 1.54) is 0 Å². The van der Waals surface area contributed by atoms with E-state index < -0.39 is 0 Å². The molecule has 1 aromatic rings. The lowest BCUT2D eigenvalue weighted by Crippen LogP contribution is -2.36. The number of anilines is 1. The average Bonchev–Trinajstić information content (AvgIpc) is 2.32. The molecule has 0 aromatic heterocycles. The van der Waals surface area contributed by atoms with Gasteiger partial charge in [0.2, 0.25) is 5.91 Å². The van der Waals surface area contributed by atoms with Crippen molar-refractivity contribution < 1.29 is 4.79 Å². The number of carbonyl (C=O) groups is 1. The Hall–Kier alpha value is -1.77. The van der Waals surface area contributed by atoms with Gasteiger partial charge in [0, 0.05) is 24.4 Å². The van der Waals surface area contributed by atoms with Crippen molar-refractivity contribution in [1.82, 2.24) is 4.90 Å². The van der Waals surface area contributed by atoms with E-state index in [-0.39, 0.29) is 11.9 Å². The minimum Gasteiger partial charge on any atom is -0.399 e. The van der Waals surface area contributed by atoms with E-state index in [1.807, 2.05) is 49.1 Å². The fourth-order valence-electron chi connectivity index (χ4n) is 1.79. The summed E-state index contributed by atoms with van der Waals surface area (Å²) in [5.74, 6) is 0.0503. The summed E-state index contributed by atoms with van der Waals surface area (Å²) in [6.45, 7) is 6.92. The predicted octanol–water partition coefficient (Wildman–Crippen LogP) is 2.93. The van der Waals surface area contributed by atoms with Crippen LogP contribution in [0.2, 0.25) is 0 Å². The van der Waals surface area contributed by atoms with Gasteiger partial charge >= 0.3 is 0 Å². The van der Waals surface area contributed by atoms with Crippen molar-refractivity contribution in [2.24, 2.45) is 0 Å². The van der Waals surface area contributed by atoms with Crippen molar-refractivity contribution in [3.8, 4) is 0 Å². The molecule has 0 bridgehead atoms. The van der Waals surface area contributed by atoms with Crippen LogP contribution in [0.5, 0.6) is 0 Å². The Bertz CT molecular complexity index is 424. The number of benzene rings is 1. The fourth-order valence-corrected chi connectivity index (χ4v) is 1.79. The third-order valence-corrected chi connectivity index (χ3v) is 2.70. The number of nitrogens with zero attached hydrogens (tertiary/aromatic N) is 1. The first-order chi connectivity index (χ1) is 8.54. The Balaban J connectivity index is 2.73. The zero-order chi connectivity index (χ0) is 13.5. The molecule has 0 atom stereocenters. The number of nitrogen functional groups attached to an aromatic ring is 1. The number of rotatable bonds is 5. The molecular formula is C15H22N2O. The van der Waals surface area contributed by atoms with Gasteiger partial charge in [-0.15, -0.1) is 0 Å². The van der Waals surface area contributed by atoms with E-state index in [2.05, 4.69) is 6.92 Å². The third-order valence-electron chi connectivity index (χ3n) is 2.70. The minimum atomic E-state index is 0.0503. The van der Waals surface area contributed by atoms with Crippen LogP contribution >= 0.6 is 0 Å². The molecule has 18 heavy (non-hydrogen) atoms. The Morgan fingerprint density at radius 2 is 2.17 bits per heavy atom. The topological polar surface area (TPSA) is 46.3 Å². The molecular weight excluding hydrogens is 224 g/mol. The van der Waals surface area contributed by atoms with Gasteiger partial charge in [0.1, 0.15) is 0 Å². The van der Waals surface area contributed by atoms with Gasteiger partial charge in [0.05, 0.1) is 0 Å². The second-order valence-corrected chi connectivity index (χ2v) is 4.63. The van der Waals surface area contributed by atoms with Crippen molar-refractivity contribution in [2.45, 2.75) is 33.2 Å². The van der Waals surface area contributed by atoms with Gasteiger partial charge < -0.3 is 10.6 Å². The predicted molar refractivity (Wildman–Crippen MR) is 77.0 cm³/mol. The average molecular weight is 246 g/mol. The highest BCUT2D eigenvalue weighted by atomic mass is 16.2. The summed E-state index contributed by atoms with van der Waals surface area (Å²) in [4.78, 5) is 13.9. The molecule has 0 aliphatic carbocycles. The van der Waals surface area contributed by atoms with Gasteiger partial charge in [-0.1, -0.05) is 19.1 Å². The van der Waals surface area contributed by atoms with Crippen molar-refractivity contribution in [2.75, 3.05) is 12.3 Å². The van der Waals surface area contributed by atoms with Gasteiger partial charge in [-0.3, -0.25) is 4.79 Å². The largest absolute Gasteiger partial charge is 0.399 e. The Morgan fingerprint density at radius 1 is 1.44 bits per heavy atom. The molecule has 3 nitrogen and oxygen atoms in total. The summed E-state index contributed by atoms with van der Waals surface area (Å²) in [5.41, 5.74) is 7.35. The number of hydrogen-bond acceptors (Lipinski definition) is 2. The maximum Gasteiger partial charge on any atom is 0.246 e. The molecule has 0 spiro atoms. The van der Waals surface area contributed by atoms with Crippen molar-refractivity contribution in [3.05, 3.63) is 35.9 Å². The summed E-state index contributed by atoms with van der Waals surface area (Å²) < 4.78 is 0.